The predicted molar refractivity (Wildman–Crippen MR) is 148 cm³/mol. The maximum absolute atomic E-state index is 13.5. The summed E-state index contributed by atoms with van der Waals surface area (Å²) in [5.74, 6) is 0.576. The van der Waals surface area contributed by atoms with Crippen LogP contribution in [0.2, 0.25) is 9.49 Å². The molecule has 1 aromatic carbocycles. The number of carbonyl (C=O) groups excluding carboxylic acids is 1. The van der Waals surface area contributed by atoms with Crippen LogP contribution in [0.3, 0.4) is 0 Å². The number of anilines is 1. The molecular formula is C27H23Cl2N5O2S. The third-order valence-corrected chi connectivity index (χ3v) is 8.10. The van der Waals surface area contributed by atoms with Crippen LogP contribution < -0.4 is 10.2 Å². The van der Waals surface area contributed by atoms with E-state index in [9.17, 15) is 4.79 Å². The zero-order chi connectivity index (χ0) is 25.4. The molecule has 10 heteroatoms. The summed E-state index contributed by atoms with van der Waals surface area (Å²) < 4.78 is 8.27. The fourth-order valence-corrected chi connectivity index (χ4v) is 5.97. The van der Waals surface area contributed by atoms with E-state index in [1.807, 2.05) is 65.2 Å². The van der Waals surface area contributed by atoms with E-state index in [2.05, 4.69) is 20.4 Å². The Kier molecular flexibility index (Phi) is 6.63. The van der Waals surface area contributed by atoms with E-state index in [4.69, 9.17) is 27.7 Å². The standard InChI is InChI=1S/C27H23Cl2N5O2S/c28-25-15-20(7-10-30-25)33-11-8-18(9-12-33)31-27(35)22-13-17-3-1-2-4-21(17)34(22)16-19-14-23(36-32-19)24-5-6-26(29)37-24/h1-7,10,13-15,18H,8-9,11-12,16H2,(H,31,35). The molecule has 7 nitrogen and oxygen atoms in total. The lowest BCUT2D eigenvalue weighted by molar-refractivity contribution is 0.0922. The molecule has 0 saturated carbocycles. The highest BCUT2D eigenvalue weighted by molar-refractivity contribution is 7.19. The number of nitrogens with one attached hydrogen (secondary N) is 1. The number of halogens is 2. The number of hydrogen-bond acceptors (Lipinski definition) is 6. The highest BCUT2D eigenvalue weighted by Gasteiger charge is 2.24. The Hall–Kier alpha value is -3.33. The van der Waals surface area contributed by atoms with Crippen molar-refractivity contribution in [1.82, 2.24) is 20.0 Å². The number of benzene rings is 1. The van der Waals surface area contributed by atoms with Gasteiger partial charge in [0.15, 0.2) is 5.76 Å². The summed E-state index contributed by atoms with van der Waals surface area (Å²) in [4.78, 5) is 20.7. The molecule has 1 N–H and O–H groups in total. The normalized spacial score (nSPS) is 14.4. The van der Waals surface area contributed by atoms with Crippen molar-refractivity contribution in [3.8, 4) is 10.6 Å². The van der Waals surface area contributed by atoms with E-state index in [0.29, 0.717) is 27.5 Å². The maximum atomic E-state index is 13.5. The van der Waals surface area contributed by atoms with Crippen molar-refractivity contribution >= 4 is 57.0 Å². The van der Waals surface area contributed by atoms with Gasteiger partial charge in [0.1, 0.15) is 16.5 Å². The summed E-state index contributed by atoms with van der Waals surface area (Å²) in [5, 5.41) is 9.01. The number of piperidine rings is 1. The summed E-state index contributed by atoms with van der Waals surface area (Å²) in [7, 11) is 0. The number of amides is 1. The topological polar surface area (TPSA) is 76.2 Å². The number of fused-ring (bicyclic) bond motifs is 1. The molecule has 0 bridgehead atoms. The number of rotatable bonds is 6. The number of aromatic nitrogens is 3. The summed E-state index contributed by atoms with van der Waals surface area (Å²) in [5.41, 5.74) is 3.37. The largest absolute Gasteiger partial charge is 0.371 e. The first-order valence-corrected chi connectivity index (χ1v) is 13.6. The Morgan fingerprint density at radius 2 is 1.92 bits per heavy atom. The van der Waals surface area contributed by atoms with E-state index in [1.165, 1.54) is 11.3 Å². The smallest absolute Gasteiger partial charge is 0.268 e. The predicted octanol–water partition coefficient (Wildman–Crippen LogP) is 6.51. The van der Waals surface area contributed by atoms with Crippen LogP contribution in [0.5, 0.6) is 0 Å². The minimum absolute atomic E-state index is 0.0876. The van der Waals surface area contributed by atoms with Crippen LogP contribution in [0.25, 0.3) is 21.5 Å². The van der Waals surface area contributed by atoms with E-state index in [-0.39, 0.29) is 11.9 Å². The van der Waals surface area contributed by atoms with Gasteiger partial charge >= 0.3 is 0 Å². The Morgan fingerprint density at radius 1 is 1.08 bits per heavy atom. The highest BCUT2D eigenvalue weighted by atomic mass is 35.5. The third-order valence-electron chi connectivity index (χ3n) is 6.64. The van der Waals surface area contributed by atoms with Gasteiger partial charge in [0.2, 0.25) is 0 Å². The SMILES string of the molecule is O=C(NC1CCN(c2ccnc(Cl)c2)CC1)c1cc2ccccc2n1Cc1cc(-c2ccc(Cl)s2)on1. The molecule has 37 heavy (non-hydrogen) atoms. The molecule has 0 radical (unpaired) electrons. The zero-order valence-corrected chi connectivity index (χ0v) is 22.1. The van der Waals surface area contributed by atoms with Crippen LogP contribution in [0.15, 0.2) is 71.4 Å². The van der Waals surface area contributed by atoms with Gasteiger partial charge < -0.3 is 19.3 Å². The molecule has 188 valence electrons. The number of hydrogen-bond donors (Lipinski definition) is 1. The van der Waals surface area contributed by atoms with Gasteiger partial charge in [-0.15, -0.1) is 11.3 Å². The quantitative estimate of drug-likeness (QED) is 0.243. The van der Waals surface area contributed by atoms with Crippen LogP contribution in [0, 0.1) is 0 Å². The Morgan fingerprint density at radius 3 is 2.70 bits per heavy atom. The Balaban J connectivity index is 1.19. The van der Waals surface area contributed by atoms with Crippen LogP contribution in [-0.4, -0.2) is 39.7 Å². The minimum Gasteiger partial charge on any atom is -0.371 e. The van der Waals surface area contributed by atoms with E-state index in [0.717, 1.165) is 53.1 Å². The average molecular weight is 552 g/mol. The molecule has 0 atom stereocenters. The molecular weight excluding hydrogens is 529 g/mol. The lowest BCUT2D eigenvalue weighted by Crippen LogP contribution is -2.45. The van der Waals surface area contributed by atoms with Crippen molar-refractivity contribution in [2.45, 2.75) is 25.4 Å². The molecule has 6 rings (SSSR count). The lowest BCUT2D eigenvalue weighted by atomic mass is 10.0. The van der Waals surface area contributed by atoms with Gasteiger partial charge in [-0.25, -0.2) is 4.98 Å². The number of para-hydroxylation sites is 1. The molecule has 1 saturated heterocycles. The molecule has 1 amide bonds. The first-order chi connectivity index (χ1) is 18.0. The van der Waals surface area contributed by atoms with Crippen molar-refractivity contribution in [2.24, 2.45) is 0 Å². The first-order valence-electron chi connectivity index (χ1n) is 12.0. The number of thiophene rings is 1. The van der Waals surface area contributed by atoms with Gasteiger partial charge in [-0.05, 0) is 49.2 Å². The maximum Gasteiger partial charge on any atom is 0.268 e. The van der Waals surface area contributed by atoms with Crippen LogP contribution in [-0.2, 0) is 6.54 Å². The fourth-order valence-electron chi connectivity index (χ4n) is 4.81. The average Bonchev–Trinajstić information content (AvgIpc) is 3.64. The molecule has 4 aromatic heterocycles. The minimum atomic E-state index is -0.0876. The second-order valence-corrected chi connectivity index (χ2v) is 11.1. The van der Waals surface area contributed by atoms with Crippen molar-refractivity contribution in [3.05, 3.63) is 87.7 Å². The summed E-state index contributed by atoms with van der Waals surface area (Å²) >= 11 is 13.6. The summed E-state index contributed by atoms with van der Waals surface area (Å²) in [6, 6.07) is 19.5. The number of carbonyl (C=O) groups is 1. The van der Waals surface area contributed by atoms with E-state index >= 15 is 0 Å². The molecule has 0 aliphatic carbocycles. The molecule has 1 aliphatic rings. The second kappa shape index (κ2) is 10.2. The fraction of sp³-hybridized carbons (Fsp3) is 0.222. The molecule has 5 heterocycles. The van der Waals surface area contributed by atoms with Crippen LogP contribution in [0.1, 0.15) is 29.0 Å². The van der Waals surface area contributed by atoms with Gasteiger partial charge in [-0.2, -0.15) is 0 Å². The third kappa shape index (κ3) is 5.09. The summed E-state index contributed by atoms with van der Waals surface area (Å²) in [6.07, 6.45) is 3.42. The zero-order valence-electron chi connectivity index (χ0n) is 19.7. The van der Waals surface area contributed by atoms with Gasteiger partial charge in [0, 0.05) is 48.0 Å². The first kappa shape index (κ1) is 24.0. The molecule has 1 aliphatic heterocycles. The van der Waals surface area contributed by atoms with E-state index < -0.39 is 0 Å². The lowest BCUT2D eigenvalue weighted by Gasteiger charge is -2.34. The van der Waals surface area contributed by atoms with Crippen molar-refractivity contribution < 1.29 is 9.32 Å². The Bertz CT molecular complexity index is 1570. The number of pyridine rings is 1. The van der Waals surface area contributed by atoms with Crippen molar-refractivity contribution in [2.75, 3.05) is 18.0 Å². The second-order valence-electron chi connectivity index (χ2n) is 9.03. The molecule has 0 unspecified atom stereocenters. The van der Waals surface area contributed by atoms with Crippen molar-refractivity contribution in [1.29, 1.82) is 0 Å². The Labute approximate surface area is 227 Å². The van der Waals surface area contributed by atoms with Crippen LogP contribution in [0.4, 0.5) is 5.69 Å². The molecule has 1 fully saturated rings. The van der Waals surface area contributed by atoms with Gasteiger partial charge in [0.05, 0.1) is 15.8 Å². The monoisotopic (exact) mass is 551 g/mol. The van der Waals surface area contributed by atoms with Gasteiger partial charge in [-0.1, -0.05) is 46.6 Å². The number of nitrogens with zero attached hydrogens (tertiary/aromatic N) is 4. The van der Waals surface area contributed by atoms with E-state index in [1.54, 1.807) is 6.20 Å². The molecule has 0 spiro atoms. The van der Waals surface area contributed by atoms with Gasteiger partial charge in [0.25, 0.3) is 5.91 Å². The van der Waals surface area contributed by atoms with Gasteiger partial charge in [-0.3, -0.25) is 4.79 Å². The van der Waals surface area contributed by atoms with Crippen molar-refractivity contribution in [3.63, 3.8) is 0 Å². The highest BCUT2D eigenvalue weighted by Crippen LogP contribution is 2.32. The molecule has 5 aromatic rings. The van der Waals surface area contributed by atoms with Crippen LogP contribution >= 0.6 is 34.5 Å². The summed E-state index contributed by atoms with van der Waals surface area (Å²) in [6.45, 7) is 2.09.